The number of para-hydroxylation sites is 1. The third-order valence-electron chi connectivity index (χ3n) is 4.76. The first-order valence-corrected chi connectivity index (χ1v) is 9.29. The van der Waals surface area contributed by atoms with E-state index in [0.717, 1.165) is 50.5 Å². The van der Waals surface area contributed by atoms with Crippen LogP contribution in [0.4, 0.5) is 5.95 Å². The molecule has 3 rings (SSSR count). The van der Waals surface area contributed by atoms with Crippen LogP contribution in [0, 0.1) is 0 Å². The number of H-pyrrole nitrogens is 1. The highest BCUT2D eigenvalue weighted by Gasteiger charge is 2.23. The summed E-state index contributed by atoms with van der Waals surface area (Å²) in [5.74, 6) is 2.70. The highest BCUT2D eigenvalue weighted by molar-refractivity contribution is 5.33. The van der Waals surface area contributed by atoms with Crippen molar-refractivity contribution in [2.45, 2.75) is 51.7 Å². The number of benzene rings is 1. The number of rotatable bonds is 6. The Hall–Kier alpha value is -2.61. The van der Waals surface area contributed by atoms with Gasteiger partial charge in [0.2, 0.25) is 5.95 Å². The third kappa shape index (κ3) is 6.25. The fourth-order valence-electron chi connectivity index (χ4n) is 3.13. The molecule has 2 aromatic rings. The minimum atomic E-state index is -0.250. The summed E-state index contributed by atoms with van der Waals surface area (Å²) in [6, 6.07) is 8.37. The van der Waals surface area contributed by atoms with Crippen LogP contribution in [-0.4, -0.2) is 50.9 Å². The maximum atomic E-state index is 8.36. The van der Waals surface area contributed by atoms with Gasteiger partial charge in [0.05, 0.1) is 6.10 Å². The summed E-state index contributed by atoms with van der Waals surface area (Å²) in [5.41, 5.74) is 6.87. The molecule has 1 aliphatic rings. The lowest BCUT2D eigenvalue weighted by atomic mass is 9.96. The molecule has 1 atom stereocenters. The van der Waals surface area contributed by atoms with Crippen molar-refractivity contribution >= 4 is 12.4 Å². The molecule has 1 unspecified atom stereocenters. The van der Waals surface area contributed by atoms with E-state index in [2.05, 4.69) is 52.1 Å². The summed E-state index contributed by atoms with van der Waals surface area (Å²) in [4.78, 5) is 15.1. The normalized spacial score (nSPS) is 16.2. The van der Waals surface area contributed by atoms with Gasteiger partial charge in [0.1, 0.15) is 11.6 Å². The molecule has 0 saturated carbocycles. The van der Waals surface area contributed by atoms with Gasteiger partial charge in [-0.1, -0.05) is 25.1 Å². The van der Waals surface area contributed by atoms with Crippen molar-refractivity contribution in [1.29, 1.82) is 0 Å². The highest BCUT2D eigenvalue weighted by atomic mass is 16.5. The zero-order valence-corrected chi connectivity index (χ0v) is 16.0. The first-order valence-electron chi connectivity index (χ1n) is 9.29. The van der Waals surface area contributed by atoms with Crippen molar-refractivity contribution in [3.8, 4) is 5.75 Å². The lowest BCUT2D eigenvalue weighted by molar-refractivity contribution is -0.122. The highest BCUT2D eigenvalue weighted by Crippen LogP contribution is 2.28. The van der Waals surface area contributed by atoms with Crippen molar-refractivity contribution in [3.05, 3.63) is 35.7 Å². The number of carboxylic acid groups (broad SMARTS) is 1. The molecule has 8 nitrogen and oxygen atoms in total. The first kappa shape index (κ1) is 20.7. The molecule has 4 N–H and O–H groups in total. The number of likely N-dealkylation sites (tertiary alicyclic amines) is 1. The summed E-state index contributed by atoms with van der Waals surface area (Å²) >= 11 is 0. The summed E-state index contributed by atoms with van der Waals surface area (Å²) in [6.07, 6.45) is 3.40. The monoisotopic (exact) mass is 375 g/mol. The number of nitrogens with zero attached hydrogens (tertiary/aromatic N) is 3. The van der Waals surface area contributed by atoms with Gasteiger partial charge in [-0.05, 0) is 45.3 Å². The standard InChI is InChI=1S/C18H27N5O.CH2O2/c1-3-13(2)24-16-7-5-4-6-15(16)12-23-10-8-14(9-11-23)17-20-18(19)22-21-17;2-1-3/h4-7,13-14H,3,8-12H2,1-2H3,(H3,19,20,21,22);1H,(H,2,3). The van der Waals surface area contributed by atoms with Crippen LogP contribution in [0.15, 0.2) is 24.3 Å². The van der Waals surface area contributed by atoms with E-state index < -0.39 is 0 Å². The van der Waals surface area contributed by atoms with Gasteiger partial charge in [-0.3, -0.25) is 14.8 Å². The summed E-state index contributed by atoms with van der Waals surface area (Å²) < 4.78 is 6.07. The molecule has 0 amide bonds. The molecule has 148 valence electrons. The van der Waals surface area contributed by atoms with Gasteiger partial charge < -0.3 is 15.6 Å². The van der Waals surface area contributed by atoms with E-state index in [-0.39, 0.29) is 12.6 Å². The number of anilines is 1. The Morgan fingerprint density at radius 3 is 2.67 bits per heavy atom. The van der Waals surface area contributed by atoms with Gasteiger partial charge in [-0.15, -0.1) is 5.10 Å². The number of ether oxygens (including phenoxy) is 1. The zero-order valence-electron chi connectivity index (χ0n) is 16.0. The van der Waals surface area contributed by atoms with E-state index in [1.807, 2.05) is 6.07 Å². The maximum absolute atomic E-state index is 8.36. The van der Waals surface area contributed by atoms with Crippen molar-refractivity contribution < 1.29 is 14.6 Å². The number of carbonyl (C=O) groups is 1. The van der Waals surface area contributed by atoms with Gasteiger partial charge in [0, 0.05) is 18.0 Å². The number of nitrogens with two attached hydrogens (primary N) is 1. The lowest BCUT2D eigenvalue weighted by Gasteiger charge is -2.31. The predicted octanol–water partition coefficient (Wildman–Crippen LogP) is 2.64. The lowest BCUT2D eigenvalue weighted by Crippen LogP contribution is -2.33. The van der Waals surface area contributed by atoms with Gasteiger partial charge in [-0.2, -0.15) is 4.98 Å². The predicted molar refractivity (Wildman–Crippen MR) is 104 cm³/mol. The topological polar surface area (TPSA) is 117 Å². The van der Waals surface area contributed by atoms with E-state index in [0.29, 0.717) is 11.9 Å². The number of nitrogen functional groups attached to an aromatic ring is 1. The molecule has 1 saturated heterocycles. The Morgan fingerprint density at radius 2 is 2.07 bits per heavy atom. The van der Waals surface area contributed by atoms with Gasteiger partial charge in [-0.25, -0.2) is 0 Å². The summed E-state index contributed by atoms with van der Waals surface area (Å²) in [7, 11) is 0. The molecule has 2 heterocycles. The number of nitrogens with one attached hydrogen (secondary N) is 1. The van der Waals surface area contributed by atoms with Gasteiger partial charge >= 0.3 is 0 Å². The van der Waals surface area contributed by atoms with Crippen molar-refractivity contribution in [2.75, 3.05) is 18.8 Å². The molecular formula is C19H29N5O3. The van der Waals surface area contributed by atoms with Crippen molar-refractivity contribution in [2.24, 2.45) is 0 Å². The Morgan fingerprint density at radius 1 is 1.41 bits per heavy atom. The molecule has 8 heteroatoms. The summed E-state index contributed by atoms with van der Waals surface area (Å²) in [6.45, 7) is 7.03. The first-order chi connectivity index (χ1) is 13.1. The molecule has 1 aromatic heterocycles. The van der Waals surface area contributed by atoms with Gasteiger partial charge in [0.15, 0.2) is 0 Å². The van der Waals surface area contributed by atoms with Crippen LogP contribution in [0.1, 0.15) is 50.4 Å². The number of piperidine rings is 1. The van der Waals surface area contributed by atoms with Crippen LogP contribution < -0.4 is 10.5 Å². The quantitative estimate of drug-likeness (QED) is 0.664. The van der Waals surface area contributed by atoms with E-state index in [1.165, 1.54) is 5.56 Å². The molecule has 27 heavy (non-hydrogen) atoms. The van der Waals surface area contributed by atoms with E-state index in [4.69, 9.17) is 20.4 Å². The Bertz CT molecular complexity index is 698. The van der Waals surface area contributed by atoms with Crippen LogP contribution in [0.2, 0.25) is 0 Å². The van der Waals surface area contributed by atoms with Crippen molar-refractivity contribution in [3.63, 3.8) is 0 Å². The zero-order chi connectivity index (χ0) is 19.6. The average Bonchev–Trinajstić information content (AvgIpc) is 3.11. The molecule has 0 radical (unpaired) electrons. The Kier molecular flexibility index (Phi) is 8.06. The average molecular weight is 375 g/mol. The fraction of sp³-hybridized carbons (Fsp3) is 0.526. The number of hydrogen-bond donors (Lipinski definition) is 3. The molecular weight excluding hydrogens is 346 g/mol. The van der Waals surface area contributed by atoms with Crippen LogP contribution in [0.3, 0.4) is 0 Å². The SMILES string of the molecule is CCC(C)Oc1ccccc1CN1CCC(c2nc(N)n[nH]2)CC1.O=CO. The Balaban J connectivity index is 0.000000817. The second-order valence-electron chi connectivity index (χ2n) is 6.68. The van der Waals surface area contributed by atoms with E-state index in [1.54, 1.807) is 0 Å². The number of hydrogen-bond acceptors (Lipinski definition) is 6. The van der Waals surface area contributed by atoms with Crippen molar-refractivity contribution in [1.82, 2.24) is 20.1 Å². The third-order valence-corrected chi connectivity index (χ3v) is 4.76. The minimum Gasteiger partial charge on any atom is -0.490 e. The summed E-state index contributed by atoms with van der Waals surface area (Å²) in [5, 5.41) is 13.8. The molecule has 1 aliphatic heterocycles. The molecule has 1 fully saturated rings. The molecule has 0 aliphatic carbocycles. The van der Waals surface area contributed by atoms with Crippen LogP contribution in [0.25, 0.3) is 0 Å². The van der Waals surface area contributed by atoms with Gasteiger partial charge in [0.25, 0.3) is 6.47 Å². The minimum absolute atomic E-state index is 0.244. The van der Waals surface area contributed by atoms with E-state index in [9.17, 15) is 0 Å². The Labute approximate surface area is 159 Å². The largest absolute Gasteiger partial charge is 0.490 e. The van der Waals surface area contributed by atoms with Crippen LogP contribution in [-0.2, 0) is 11.3 Å². The fourth-order valence-corrected chi connectivity index (χ4v) is 3.13. The molecule has 0 spiro atoms. The molecule has 0 bridgehead atoms. The van der Waals surface area contributed by atoms with Crippen LogP contribution in [0.5, 0.6) is 5.75 Å². The van der Waals surface area contributed by atoms with Crippen LogP contribution >= 0.6 is 0 Å². The number of aromatic nitrogens is 3. The van der Waals surface area contributed by atoms with E-state index >= 15 is 0 Å². The maximum Gasteiger partial charge on any atom is 0.290 e. The smallest absolute Gasteiger partial charge is 0.290 e. The second-order valence-corrected chi connectivity index (χ2v) is 6.68. The second kappa shape index (κ2) is 10.5. The number of aromatic amines is 1. The molecule has 1 aromatic carbocycles.